The molecule has 0 heterocycles. The van der Waals surface area contributed by atoms with Crippen LogP contribution in [0.15, 0.2) is 40.9 Å². The van der Waals surface area contributed by atoms with Gasteiger partial charge in [-0.2, -0.15) is 0 Å². The van der Waals surface area contributed by atoms with Crippen molar-refractivity contribution in [2.45, 2.75) is 0 Å². The van der Waals surface area contributed by atoms with Crippen LogP contribution in [0.3, 0.4) is 0 Å². The van der Waals surface area contributed by atoms with Gasteiger partial charge >= 0.3 is 0 Å². The van der Waals surface area contributed by atoms with E-state index in [1.165, 1.54) is 19.2 Å². The van der Waals surface area contributed by atoms with Crippen molar-refractivity contribution < 1.29 is 13.9 Å². The van der Waals surface area contributed by atoms with Crippen LogP contribution in [0, 0.1) is 5.82 Å². The molecule has 2 rings (SSSR count). The zero-order valence-corrected chi connectivity index (χ0v) is 12.8. The second-order valence-corrected chi connectivity index (χ2v) is 5.21. The topological polar surface area (TPSA) is 38.3 Å². The van der Waals surface area contributed by atoms with Crippen LogP contribution in [0.2, 0.25) is 5.02 Å². The fraction of sp³-hybridized carbons (Fsp3) is 0.0714. The second-order valence-electron chi connectivity index (χ2n) is 3.92. The summed E-state index contributed by atoms with van der Waals surface area (Å²) in [5.74, 6) is -0.865. The summed E-state index contributed by atoms with van der Waals surface area (Å²) in [6.07, 6.45) is 0. The summed E-state index contributed by atoms with van der Waals surface area (Å²) >= 11 is 9.14. The minimum absolute atomic E-state index is 0.0716. The third-order valence-electron chi connectivity index (χ3n) is 2.60. The number of rotatable bonds is 3. The van der Waals surface area contributed by atoms with Gasteiger partial charge in [-0.3, -0.25) is 4.79 Å². The molecule has 20 heavy (non-hydrogen) atoms. The van der Waals surface area contributed by atoms with Gasteiger partial charge in [-0.15, -0.1) is 0 Å². The number of halogens is 3. The van der Waals surface area contributed by atoms with E-state index >= 15 is 0 Å². The monoisotopic (exact) mass is 357 g/mol. The van der Waals surface area contributed by atoms with E-state index in [2.05, 4.69) is 21.2 Å². The van der Waals surface area contributed by atoms with Crippen molar-refractivity contribution in [3.63, 3.8) is 0 Å². The van der Waals surface area contributed by atoms with Crippen LogP contribution in [0.25, 0.3) is 0 Å². The molecule has 0 atom stereocenters. The van der Waals surface area contributed by atoms with E-state index < -0.39 is 11.7 Å². The van der Waals surface area contributed by atoms with Gasteiger partial charge in [0.25, 0.3) is 5.91 Å². The van der Waals surface area contributed by atoms with Gasteiger partial charge < -0.3 is 10.1 Å². The lowest BCUT2D eigenvalue weighted by atomic mass is 10.2. The van der Waals surface area contributed by atoms with Crippen molar-refractivity contribution in [2.75, 3.05) is 12.4 Å². The SMILES string of the molecule is COc1ccc(C(=O)Nc2cc(Cl)ccc2Br)c(F)c1. The van der Waals surface area contributed by atoms with Gasteiger partial charge in [0, 0.05) is 15.6 Å². The number of carbonyl (C=O) groups is 1. The van der Waals surface area contributed by atoms with Crippen LogP contribution in [-0.4, -0.2) is 13.0 Å². The summed E-state index contributed by atoms with van der Waals surface area (Å²) in [6.45, 7) is 0. The Kier molecular flexibility index (Phi) is 4.62. The Hall–Kier alpha value is -1.59. The molecule has 0 aliphatic carbocycles. The zero-order valence-electron chi connectivity index (χ0n) is 10.4. The van der Waals surface area contributed by atoms with Crippen molar-refractivity contribution in [2.24, 2.45) is 0 Å². The van der Waals surface area contributed by atoms with Crippen molar-refractivity contribution in [3.8, 4) is 5.75 Å². The number of anilines is 1. The number of ether oxygens (including phenoxy) is 1. The third kappa shape index (κ3) is 3.29. The summed E-state index contributed by atoms with van der Waals surface area (Å²) in [6, 6.07) is 8.98. The molecule has 0 aliphatic heterocycles. The molecular weight excluding hydrogens is 349 g/mol. The first-order chi connectivity index (χ1) is 9.51. The van der Waals surface area contributed by atoms with Crippen molar-refractivity contribution in [1.82, 2.24) is 0 Å². The third-order valence-corrected chi connectivity index (χ3v) is 3.52. The number of hydrogen-bond donors (Lipinski definition) is 1. The standard InChI is InChI=1S/C14H10BrClFNO2/c1-20-9-3-4-10(12(17)7-9)14(19)18-13-6-8(16)2-5-11(13)15/h2-7H,1H3,(H,18,19). The number of hydrogen-bond acceptors (Lipinski definition) is 2. The fourth-order valence-corrected chi connectivity index (χ4v) is 2.11. The molecule has 0 spiro atoms. The van der Waals surface area contributed by atoms with E-state index in [-0.39, 0.29) is 5.56 Å². The molecule has 0 radical (unpaired) electrons. The van der Waals surface area contributed by atoms with Gasteiger partial charge in [0.05, 0.1) is 18.4 Å². The second kappa shape index (κ2) is 6.24. The molecule has 1 N–H and O–H groups in total. The molecule has 0 aromatic heterocycles. The summed E-state index contributed by atoms with van der Waals surface area (Å²) in [7, 11) is 1.43. The minimum atomic E-state index is -0.653. The molecule has 0 bridgehead atoms. The number of amides is 1. The molecule has 2 aromatic rings. The Bertz CT molecular complexity index is 664. The quantitative estimate of drug-likeness (QED) is 0.877. The summed E-state index contributed by atoms with van der Waals surface area (Å²) < 4.78 is 19.3. The predicted octanol–water partition coefficient (Wildman–Crippen LogP) is 4.50. The lowest BCUT2D eigenvalue weighted by Crippen LogP contribution is -2.14. The Morgan fingerprint density at radius 3 is 2.70 bits per heavy atom. The van der Waals surface area contributed by atoms with Gasteiger partial charge in [0.1, 0.15) is 11.6 Å². The molecule has 3 nitrogen and oxygen atoms in total. The lowest BCUT2D eigenvalue weighted by Gasteiger charge is -2.09. The highest BCUT2D eigenvalue weighted by atomic mass is 79.9. The molecule has 0 saturated heterocycles. The summed E-state index contributed by atoms with van der Waals surface area (Å²) in [4.78, 5) is 12.0. The van der Waals surface area contributed by atoms with E-state index in [9.17, 15) is 9.18 Å². The average molecular weight is 359 g/mol. The molecular formula is C14H10BrClFNO2. The van der Waals surface area contributed by atoms with Crippen LogP contribution in [0.1, 0.15) is 10.4 Å². The van der Waals surface area contributed by atoms with E-state index in [0.717, 1.165) is 6.07 Å². The molecule has 0 saturated carbocycles. The number of methoxy groups -OCH3 is 1. The highest BCUT2D eigenvalue weighted by molar-refractivity contribution is 9.10. The van der Waals surface area contributed by atoms with Gasteiger partial charge in [-0.1, -0.05) is 11.6 Å². The van der Waals surface area contributed by atoms with Crippen LogP contribution < -0.4 is 10.1 Å². The highest BCUT2D eigenvalue weighted by Gasteiger charge is 2.14. The predicted molar refractivity (Wildman–Crippen MR) is 80.1 cm³/mol. The Morgan fingerprint density at radius 2 is 2.05 bits per heavy atom. The molecule has 0 fully saturated rings. The van der Waals surface area contributed by atoms with Gasteiger partial charge in [0.2, 0.25) is 0 Å². The smallest absolute Gasteiger partial charge is 0.258 e. The first-order valence-corrected chi connectivity index (χ1v) is 6.78. The van der Waals surface area contributed by atoms with Gasteiger partial charge in [0.15, 0.2) is 0 Å². The minimum Gasteiger partial charge on any atom is -0.497 e. The molecule has 0 aliphatic rings. The Morgan fingerprint density at radius 1 is 1.30 bits per heavy atom. The van der Waals surface area contributed by atoms with Crippen molar-refractivity contribution in [1.29, 1.82) is 0 Å². The van der Waals surface area contributed by atoms with E-state index in [4.69, 9.17) is 16.3 Å². The number of nitrogens with one attached hydrogen (secondary N) is 1. The first kappa shape index (κ1) is 14.8. The van der Waals surface area contributed by atoms with E-state index in [1.54, 1.807) is 18.2 Å². The number of benzene rings is 2. The fourth-order valence-electron chi connectivity index (χ4n) is 1.59. The number of carbonyl (C=O) groups excluding carboxylic acids is 1. The summed E-state index contributed by atoms with van der Waals surface area (Å²) in [5, 5.41) is 3.07. The van der Waals surface area contributed by atoms with Crippen molar-refractivity contribution in [3.05, 3.63) is 57.3 Å². The molecule has 6 heteroatoms. The Labute approximate surface area is 128 Å². The highest BCUT2D eigenvalue weighted by Crippen LogP contribution is 2.27. The molecule has 104 valence electrons. The van der Waals surface area contributed by atoms with E-state index in [0.29, 0.717) is 20.9 Å². The maximum atomic E-state index is 13.8. The van der Waals surface area contributed by atoms with Crippen LogP contribution in [0.5, 0.6) is 5.75 Å². The van der Waals surface area contributed by atoms with Crippen LogP contribution >= 0.6 is 27.5 Å². The van der Waals surface area contributed by atoms with Crippen molar-refractivity contribution >= 4 is 39.1 Å². The van der Waals surface area contributed by atoms with Crippen LogP contribution in [0.4, 0.5) is 10.1 Å². The first-order valence-electron chi connectivity index (χ1n) is 5.61. The largest absolute Gasteiger partial charge is 0.497 e. The average Bonchev–Trinajstić information content (AvgIpc) is 2.42. The molecule has 0 unspecified atom stereocenters. The molecule has 1 amide bonds. The maximum absolute atomic E-state index is 13.8. The van der Waals surface area contributed by atoms with Gasteiger partial charge in [-0.25, -0.2) is 4.39 Å². The van der Waals surface area contributed by atoms with Gasteiger partial charge in [-0.05, 0) is 46.3 Å². The molecule has 2 aromatic carbocycles. The lowest BCUT2D eigenvalue weighted by molar-refractivity contribution is 0.102. The maximum Gasteiger partial charge on any atom is 0.258 e. The normalized spacial score (nSPS) is 10.2. The van der Waals surface area contributed by atoms with Crippen LogP contribution in [-0.2, 0) is 0 Å². The summed E-state index contributed by atoms with van der Waals surface area (Å²) in [5.41, 5.74) is 0.399. The van der Waals surface area contributed by atoms with E-state index in [1.807, 2.05) is 0 Å². The Balaban J connectivity index is 2.26. The zero-order chi connectivity index (χ0) is 14.7.